The summed E-state index contributed by atoms with van der Waals surface area (Å²) in [6, 6.07) is 22.5. The molecule has 0 radical (unpaired) electrons. The molecule has 1 aliphatic heterocycles. The molecule has 25 heavy (non-hydrogen) atoms. The average Bonchev–Trinajstić information content (AvgIpc) is 2.58. The van der Waals surface area contributed by atoms with Crippen molar-refractivity contribution in [3.8, 4) is 0 Å². The van der Waals surface area contributed by atoms with E-state index in [1.165, 1.54) is 51.3 Å². The number of benzene rings is 3. The quantitative estimate of drug-likeness (QED) is 0.488. The Balaban J connectivity index is 2.01. The molecule has 0 spiro atoms. The van der Waals surface area contributed by atoms with Crippen molar-refractivity contribution in [3.05, 3.63) is 88.5 Å². The summed E-state index contributed by atoms with van der Waals surface area (Å²) >= 11 is 0. The van der Waals surface area contributed by atoms with Gasteiger partial charge in [0.15, 0.2) is 0 Å². The molecule has 0 unspecified atom stereocenters. The topological polar surface area (TPSA) is 3.24 Å². The predicted octanol–water partition coefficient (Wildman–Crippen LogP) is 6.57. The van der Waals surface area contributed by atoms with Gasteiger partial charge in [0.1, 0.15) is 0 Å². The van der Waals surface area contributed by atoms with Gasteiger partial charge in [-0.25, -0.2) is 0 Å². The molecular weight excluding hydrogens is 302 g/mol. The molecule has 0 aromatic heterocycles. The third-order valence-electron chi connectivity index (χ3n) is 5.20. The Morgan fingerprint density at radius 3 is 1.76 bits per heavy atom. The van der Waals surface area contributed by atoms with Crippen molar-refractivity contribution >= 4 is 17.1 Å². The second-order valence-electron chi connectivity index (χ2n) is 7.24. The highest BCUT2D eigenvalue weighted by Gasteiger charge is 2.22. The Labute approximate surface area is 150 Å². The summed E-state index contributed by atoms with van der Waals surface area (Å²) in [7, 11) is 0. The molecule has 1 heteroatoms. The zero-order chi connectivity index (χ0) is 17.4. The summed E-state index contributed by atoms with van der Waals surface area (Å²) in [6.07, 6.45) is 3.47. The summed E-state index contributed by atoms with van der Waals surface area (Å²) in [5.74, 6) is 0. The minimum Gasteiger partial charge on any atom is -0.310 e. The average molecular weight is 327 g/mol. The van der Waals surface area contributed by atoms with Crippen LogP contribution in [0.25, 0.3) is 0 Å². The number of anilines is 3. The zero-order valence-corrected chi connectivity index (χ0v) is 15.3. The minimum atomic E-state index is 1.13. The second kappa shape index (κ2) is 6.40. The van der Waals surface area contributed by atoms with Crippen LogP contribution in [0, 0.1) is 20.8 Å². The first kappa shape index (κ1) is 16.0. The number of rotatable bonds is 1. The molecule has 0 saturated carbocycles. The molecule has 0 aliphatic carbocycles. The van der Waals surface area contributed by atoms with Crippen molar-refractivity contribution < 1.29 is 0 Å². The molecular formula is C24H25N. The van der Waals surface area contributed by atoms with Crippen LogP contribution >= 0.6 is 0 Å². The predicted molar refractivity (Wildman–Crippen MR) is 107 cm³/mol. The molecule has 1 nitrogen and oxygen atoms in total. The van der Waals surface area contributed by atoms with Crippen LogP contribution < -0.4 is 4.90 Å². The van der Waals surface area contributed by atoms with E-state index in [0.717, 1.165) is 12.8 Å². The summed E-state index contributed by atoms with van der Waals surface area (Å²) in [4.78, 5) is 2.47. The number of fused-ring (bicyclic) bond motifs is 2. The smallest absolute Gasteiger partial charge is 0.0494 e. The maximum Gasteiger partial charge on any atom is 0.0494 e. The number of aryl methyl sites for hydroxylation is 5. The van der Waals surface area contributed by atoms with Crippen LogP contribution in [0.4, 0.5) is 17.1 Å². The van der Waals surface area contributed by atoms with E-state index in [-0.39, 0.29) is 0 Å². The molecule has 0 bridgehead atoms. The standard InChI is InChI=1S/C24H25N/c1-17-11-13-23-20(15-17)8-6-9-21-16-18(2)12-14-24(21)25(23)22-10-5-4-7-19(22)3/h4-5,7,10-16H,6,8-9H2,1-3H3. The van der Waals surface area contributed by atoms with E-state index < -0.39 is 0 Å². The van der Waals surface area contributed by atoms with E-state index in [1.807, 2.05) is 0 Å². The van der Waals surface area contributed by atoms with Gasteiger partial charge in [-0.2, -0.15) is 0 Å². The van der Waals surface area contributed by atoms with Crippen molar-refractivity contribution in [1.29, 1.82) is 0 Å². The first-order valence-corrected chi connectivity index (χ1v) is 9.18. The molecule has 0 atom stereocenters. The Kier molecular flexibility index (Phi) is 4.09. The van der Waals surface area contributed by atoms with Gasteiger partial charge in [-0.05, 0) is 74.9 Å². The Hall–Kier alpha value is -2.54. The number of nitrogens with zero attached hydrogens (tertiary/aromatic N) is 1. The van der Waals surface area contributed by atoms with Crippen LogP contribution in [-0.2, 0) is 12.8 Å². The number of para-hydroxylation sites is 1. The highest BCUT2D eigenvalue weighted by atomic mass is 15.1. The SMILES string of the molecule is Cc1ccc2c(c1)CCCc1cc(C)ccc1N2c1ccccc1C. The van der Waals surface area contributed by atoms with Crippen LogP contribution in [0.15, 0.2) is 60.7 Å². The first-order valence-electron chi connectivity index (χ1n) is 9.18. The molecule has 0 saturated heterocycles. The summed E-state index contributed by atoms with van der Waals surface area (Å²) < 4.78 is 0. The first-order chi connectivity index (χ1) is 12.1. The Bertz CT molecular complexity index is 870. The lowest BCUT2D eigenvalue weighted by Crippen LogP contribution is -2.17. The number of hydrogen-bond acceptors (Lipinski definition) is 1. The fourth-order valence-corrected chi connectivity index (χ4v) is 3.94. The van der Waals surface area contributed by atoms with Gasteiger partial charge < -0.3 is 4.90 Å². The molecule has 0 amide bonds. The normalized spacial score (nSPS) is 13.6. The maximum atomic E-state index is 2.47. The van der Waals surface area contributed by atoms with E-state index in [1.54, 1.807) is 0 Å². The summed E-state index contributed by atoms with van der Waals surface area (Å²) in [6.45, 7) is 6.58. The zero-order valence-electron chi connectivity index (χ0n) is 15.3. The van der Waals surface area contributed by atoms with Gasteiger partial charge in [-0.15, -0.1) is 0 Å². The third-order valence-corrected chi connectivity index (χ3v) is 5.20. The van der Waals surface area contributed by atoms with E-state index in [9.17, 15) is 0 Å². The summed E-state index contributed by atoms with van der Waals surface area (Å²) in [5.41, 5.74) is 10.8. The largest absolute Gasteiger partial charge is 0.310 e. The maximum absolute atomic E-state index is 2.47. The highest BCUT2D eigenvalue weighted by Crippen LogP contribution is 2.42. The third kappa shape index (κ3) is 2.95. The van der Waals surface area contributed by atoms with Gasteiger partial charge in [-0.3, -0.25) is 0 Å². The van der Waals surface area contributed by atoms with Gasteiger partial charge in [0.2, 0.25) is 0 Å². The number of hydrogen-bond donors (Lipinski definition) is 0. The van der Waals surface area contributed by atoms with E-state index >= 15 is 0 Å². The van der Waals surface area contributed by atoms with Gasteiger partial charge >= 0.3 is 0 Å². The van der Waals surface area contributed by atoms with Crippen LogP contribution in [-0.4, -0.2) is 0 Å². The minimum absolute atomic E-state index is 1.13. The molecule has 3 aromatic carbocycles. The molecule has 4 rings (SSSR count). The molecule has 3 aromatic rings. The van der Waals surface area contributed by atoms with Gasteiger partial charge in [0.25, 0.3) is 0 Å². The van der Waals surface area contributed by atoms with Crippen molar-refractivity contribution in [2.24, 2.45) is 0 Å². The van der Waals surface area contributed by atoms with Crippen LogP contribution in [0.5, 0.6) is 0 Å². The lowest BCUT2D eigenvalue weighted by atomic mass is 9.94. The van der Waals surface area contributed by atoms with Crippen molar-refractivity contribution in [2.45, 2.75) is 40.0 Å². The lowest BCUT2D eigenvalue weighted by molar-refractivity contribution is 0.808. The molecule has 0 N–H and O–H groups in total. The molecule has 126 valence electrons. The fourth-order valence-electron chi connectivity index (χ4n) is 3.94. The molecule has 1 aliphatic rings. The van der Waals surface area contributed by atoms with E-state index in [0.29, 0.717) is 0 Å². The molecule has 0 fully saturated rings. The van der Waals surface area contributed by atoms with E-state index in [2.05, 4.69) is 86.3 Å². The van der Waals surface area contributed by atoms with Gasteiger partial charge in [0.05, 0.1) is 0 Å². The van der Waals surface area contributed by atoms with E-state index in [4.69, 9.17) is 0 Å². The van der Waals surface area contributed by atoms with Crippen LogP contribution in [0.2, 0.25) is 0 Å². The Morgan fingerprint density at radius 2 is 1.20 bits per heavy atom. The van der Waals surface area contributed by atoms with Crippen LogP contribution in [0.3, 0.4) is 0 Å². The van der Waals surface area contributed by atoms with Crippen molar-refractivity contribution in [1.82, 2.24) is 0 Å². The Morgan fingerprint density at radius 1 is 0.640 bits per heavy atom. The second-order valence-corrected chi connectivity index (χ2v) is 7.24. The summed E-state index contributed by atoms with van der Waals surface area (Å²) in [5, 5.41) is 0. The van der Waals surface area contributed by atoms with Crippen molar-refractivity contribution in [3.63, 3.8) is 0 Å². The highest BCUT2D eigenvalue weighted by molar-refractivity contribution is 5.82. The van der Waals surface area contributed by atoms with Gasteiger partial charge in [0, 0.05) is 17.1 Å². The van der Waals surface area contributed by atoms with Crippen LogP contribution in [0.1, 0.15) is 34.2 Å². The fraction of sp³-hybridized carbons (Fsp3) is 0.250. The monoisotopic (exact) mass is 327 g/mol. The molecule has 1 heterocycles. The van der Waals surface area contributed by atoms with Gasteiger partial charge in [-0.1, -0.05) is 53.6 Å². The van der Waals surface area contributed by atoms with Crippen molar-refractivity contribution in [2.75, 3.05) is 4.90 Å². The lowest BCUT2D eigenvalue weighted by Gasteiger charge is -2.32.